The zero-order valence-electron chi connectivity index (χ0n) is 19.1. The molecule has 0 unspecified atom stereocenters. The molecular weight excluding hydrogens is 356 g/mol. The second-order valence-corrected chi connectivity index (χ2v) is 8.21. The minimum atomic E-state index is 0.708. The average molecular weight is 405 g/mol. The average Bonchev–Trinajstić information content (AvgIpc) is 2.75. The molecule has 4 nitrogen and oxygen atoms in total. The number of unbranched alkanes of at least 4 members (excludes halogenated alkanes) is 9. The van der Waals surface area contributed by atoms with Crippen molar-refractivity contribution in [3.8, 4) is 0 Å². The zero-order valence-corrected chi connectivity index (χ0v) is 19.1. The zero-order chi connectivity index (χ0) is 20.8. The van der Waals surface area contributed by atoms with Crippen molar-refractivity contribution in [3.63, 3.8) is 0 Å². The van der Waals surface area contributed by atoms with Crippen molar-refractivity contribution < 1.29 is 0 Å². The summed E-state index contributed by atoms with van der Waals surface area (Å²) in [6, 6.07) is 9.18. The Labute approximate surface area is 180 Å². The van der Waals surface area contributed by atoms with Gasteiger partial charge in [-0.3, -0.25) is 0 Å². The number of hydrogen-bond acceptors (Lipinski definition) is 4. The highest BCUT2D eigenvalue weighted by Gasteiger charge is 1.97. The van der Waals surface area contributed by atoms with Crippen LogP contribution in [0.1, 0.15) is 82.3 Å². The first-order valence-corrected chi connectivity index (χ1v) is 12.3. The number of aryl methyl sites for hydroxylation is 1. The van der Waals surface area contributed by atoms with Gasteiger partial charge in [0.2, 0.25) is 0 Å². The molecule has 0 fully saturated rings. The van der Waals surface area contributed by atoms with Gasteiger partial charge in [0, 0.05) is 45.8 Å². The highest BCUT2D eigenvalue weighted by Crippen LogP contribution is 2.13. The molecule has 0 aliphatic heterocycles. The van der Waals surface area contributed by atoms with Gasteiger partial charge in [-0.1, -0.05) is 89.0 Å². The number of benzene rings is 1. The van der Waals surface area contributed by atoms with E-state index in [-0.39, 0.29) is 0 Å². The Bertz CT molecular complexity index is 447. The lowest BCUT2D eigenvalue weighted by atomic mass is 10.0. The molecule has 0 aliphatic rings. The fourth-order valence-electron chi connectivity index (χ4n) is 3.58. The Morgan fingerprint density at radius 1 is 0.586 bits per heavy atom. The Morgan fingerprint density at radius 3 is 1.66 bits per heavy atom. The van der Waals surface area contributed by atoms with Crippen LogP contribution in [0, 0.1) is 0 Å². The lowest BCUT2D eigenvalue weighted by molar-refractivity contribution is 0.556. The summed E-state index contributed by atoms with van der Waals surface area (Å²) in [5, 5.41) is 10.2. The molecule has 0 saturated carbocycles. The summed E-state index contributed by atoms with van der Waals surface area (Å²) in [6.07, 6.45) is 15.3. The minimum Gasteiger partial charge on any atom is -0.329 e. The molecule has 1 rings (SSSR count). The molecule has 0 aromatic heterocycles. The van der Waals surface area contributed by atoms with E-state index in [9.17, 15) is 0 Å². The molecule has 5 N–H and O–H groups in total. The van der Waals surface area contributed by atoms with Crippen LogP contribution in [0.2, 0.25) is 0 Å². The van der Waals surface area contributed by atoms with E-state index in [0.717, 1.165) is 39.3 Å². The number of rotatable bonds is 21. The molecule has 29 heavy (non-hydrogen) atoms. The monoisotopic (exact) mass is 404 g/mol. The fourth-order valence-corrected chi connectivity index (χ4v) is 3.58. The van der Waals surface area contributed by atoms with Crippen molar-refractivity contribution in [1.82, 2.24) is 16.0 Å². The minimum absolute atomic E-state index is 0.708. The van der Waals surface area contributed by atoms with Crippen LogP contribution in [-0.4, -0.2) is 39.3 Å². The van der Waals surface area contributed by atoms with Crippen LogP contribution in [-0.2, 0) is 13.0 Å². The van der Waals surface area contributed by atoms with E-state index in [0.29, 0.717) is 6.54 Å². The van der Waals surface area contributed by atoms with E-state index < -0.39 is 0 Å². The summed E-state index contributed by atoms with van der Waals surface area (Å²) in [7, 11) is 0. The predicted molar refractivity (Wildman–Crippen MR) is 128 cm³/mol. The number of hydrogen-bond donors (Lipinski definition) is 4. The van der Waals surface area contributed by atoms with Gasteiger partial charge in [-0.25, -0.2) is 0 Å². The maximum Gasteiger partial charge on any atom is 0.0206 e. The Balaban J connectivity index is 1.93. The SMILES string of the molecule is CCCCCCCCCCCCc1ccc(CNCCNCCNCCN)cc1. The van der Waals surface area contributed by atoms with E-state index in [2.05, 4.69) is 47.1 Å². The van der Waals surface area contributed by atoms with Crippen LogP contribution < -0.4 is 21.7 Å². The summed E-state index contributed by atoms with van der Waals surface area (Å²) in [6.45, 7) is 8.82. The van der Waals surface area contributed by atoms with Crippen molar-refractivity contribution in [2.45, 2.75) is 84.1 Å². The Hall–Kier alpha value is -0.940. The molecule has 1 aromatic rings. The maximum absolute atomic E-state index is 5.44. The third-order valence-corrected chi connectivity index (χ3v) is 5.45. The van der Waals surface area contributed by atoms with Crippen molar-refractivity contribution in [1.29, 1.82) is 0 Å². The summed E-state index contributed by atoms with van der Waals surface area (Å²) in [5.74, 6) is 0. The highest BCUT2D eigenvalue weighted by molar-refractivity contribution is 5.22. The van der Waals surface area contributed by atoms with Crippen molar-refractivity contribution in [2.24, 2.45) is 5.73 Å². The summed E-state index contributed by atoms with van der Waals surface area (Å²) in [4.78, 5) is 0. The normalized spacial score (nSPS) is 11.2. The molecule has 0 saturated heterocycles. The second kappa shape index (κ2) is 20.3. The van der Waals surface area contributed by atoms with E-state index in [4.69, 9.17) is 5.73 Å². The van der Waals surface area contributed by atoms with Crippen LogP contribution >= 0.6 is 0 Å². The van der Waals surface area contributed by atoms with Gasteiger partial charge < -0.3 is 21.7 Å². The highest BCUT2D eigenvalue weighted by atomic mass is 15.0. The van der Waals surface area contributed by atoms with Crippen LogP contribution in [0.15, 0.2) is 24.3 Å². The van der Waals surface area contributed by atoms with Crippen molar-refractivity contribution >= 4 is 0 Å². The first kappa shape index (κ1) is 26.1. The standard InChI is InChI=1S/C25H48N4/c1-2-3-4-5-6-7-8-9-10-11-12-24-13-15-25(16-14-24)23-29-22-21-28-20-19-27-18-17-26/h13-16,27-29H,2-12,17-23,26H2,1H3. The molecule has 4 heteroatoms. The Morgan fingerprint density at radius 2 is 1.07 bits per heavy atom. The van der Waals surface area contributed by atoms with Crippen LogP contribution in [0.4, 0.5) is 0 Å². The predicted octanol–water partition coefficient (Wildman–Crippen LogP) is 4.38. The largest absolute Gasteiger partial charge is 0.329 e. The summed E-state index contributed by atoms with van der Waals surface area (Å²) in [5.41, 5.74) is 8.30. The van der Waals surface area contributed by atoms with Crippen LogP contribution in [0.5, 0.6) is 0 Å². The third-order valence-electron chi connectivity index (χ3n) is 5.45. The van der Waals surface area contributed by atoms with Gasteiger partial charge in [-0.15, -0.1) is 0 Å². The molecule has 0 aliphatic carbocycles. The van der Waals surface area contributed by atoms with Gasteiger partial charge in [-0.2, -0.15) is 0 Å². The van der Waals surface area contributed by atoms with Crippen molar-refractivity contribution in [3.05, 3.63) is 35.4 Å². The molecule has 0 amide bonds. The van der Waals surface area contributed by atoms with Crippen LogP contribution in [0.3, 0.4) is 0 Å². The topological polar surface area (TPSA) is 62.1 Å². The van der Waals surface area contributed by atoms with Gasteiger partial charge in [-0.05, 0) is 24.0 Å². The quantitative estimate of drug-likeness (QED) is 0.230. The molecule has 0 radical (unpaired) electrons. The summed E-state index contributed by atoms with van der Waals surface area (Å²) >= 11 is 0. The van der Waals surface area contributed by atoms with E-state index in [1.54, 1.807) is 0 Å². The molecule has 0 spiro atoms. The van der Waals surface area contributed by atoms with Gasteiger partial charge in [0.15, 0.2) is 0 Å². The number of nitrogens with one attached hydrogen (secondary N) is 3. The lowest BCUT2D eigenvalue weighted by Crippen LogP contribution is -2.34. The molecule has 0 bridgehead atoms. The molecule has 1 aromatic carbocycles. The molecule has 0 heterocycles. The van der Waals surface area contributed by atoms with Crippen molar-refractivity contribution in [2.75, 3.05) is 39.3 Å². The van der Waals surface area contributed by atoms with Crippen LogP contribution in [0.25, 0.3) is 0 Å². The third kappa shape index (κ3) is 16.5. The van der Waals surface area contributed by atoms with E-state index >= 15 is 0 Å². The second-order valence-electron chi connectivity index (χ2n) is 8.21. The maximum atomic E-state index is 5.44. The molecule has 168 valence electrons. The molecule has 0 atom stereocenters. The first-order chi connectivity index (χ1) is 14.4. The Kier molecular flexibility index (Phi) is 18.3. The number of nitrogens with two attached hydrogens (primary N) is 1. The van der Waals surface area contributed by atoms with E-state index in [1.165, 1.54) is 81.8 Å². The molecular formula is C25H48N4. The smallest absolute Gasteiger partial charge is 0.0206 e. The first-order valence-electron chi connectivity index (χ1n) is 12.3. The van der Waals surface area contributed by atoms with Gasteiger partial charge >= 0.3 is 0 Å². The van der Waals surface area contributed by atoms with E-state index in [1.807, 2.05) is 0 Å². The lowest BCUT2D eigenvalue weighted by Gasteiger charge is -2.08. The summed E-state index contributed by atoms with van der Waals surface area (Å²) < 4.78 is 0. The fraction of sp³-hybridized carbons (Fsp3) is 0.760. The van der Waals surface area contributed by atoms with Gasteiger partial charge in [0.25, 0.3) is 0 Å². The van der Waals surface area contributed by atoms with Gasteiger partial charge in [0.05, 0.1) is 0 Å². The van der Waals surface area contributed by atoms with Gasteiger partial charge in [0.1, 0.15) is 0 Å².